The maximum Gasteiger partial charge on any atom is 0.213 e. The highest BCUT2D eigenvalue weighted by molar-refractivity contribution is 6.16. The van der Waals surface area contributed by atoms with Crippen molar-refractivity contribution in [2.24, 2.45) is 7.05 Å². The van der Waals surface area contributed by atoms with E-state index in [0.717, 1.165) is 44.3 Å². The van der Waals surface area contributed by atoms with Gasteiger partial charge in [0, 0.05) is 28.5 Å². The van der Waals surface area contributed by atoms with Gasteiger partial charge in [0.25, 0.3) is 0 Å². The van der Waals surface area contributed by atoms with Crippen LogP contribution < -0.4 is 4.57 Å². The van der Waals surface area contributed by atoms with Crippen molar-refractivity contribution in [3.8, 4) is 22.4 Å². The van der Waals surface area contributed by atoms with Crippen molar-refractivity contribution in [2.75, 3.05) is 0 Å². The number of fused-ring (bicyclic) bond motifs is 3. The van der Waals surface area contributed by atoms with Gasteiger partial charge < -0.3 is 4.42 Å². The molecule has 5 aromatic rings. The summed E-state index contributed by atoms with van der Waals surface area (Å²) < 4.78 is 8.56. The van der Waals surface area contributed by atoms with Gasteiger partial charge in [-0.2, -0.15) is 0 Å². The molecule has 3 nitrogen and oxygen atoms in total. The van der Waals surface area contributed by atoms with Crippen LogP contribution in [0.1, 0.15) is 11.1 Å². The smallest absolute Gasteiger partial charge is 0.213 e. The van der Waals surface area contributed by atoms with Crippen LogP contribution in [0.3, 0.4) is 0 Å². The number of pyridine rings is 1. The van der Waals surface area contributed by atoms with Crippen molar-refractivity contribution in [1.29, 1.82) is 0 Å². The Balaban J connectivity index is 1.96. The molecule has 30 heavy (non-hydrogen) atoms. The summed E-state index contributed by atoms with van der Waals surface area (Å²) in [4.78, 5) is 3.75. The van der Waals surface area contributed by atoms with Crippen molar-refractivity contribution in [3.63, 3.8) is 0 Å². The molecule has 2 heterocycles. The second-order valence-corrected chi connectivity index (χ2v) is 7.78. The number of hydrogen-bond donors (Lipinski definition) is 0. The Morgan fingerprint density at radius 3 is 2.50 bits per heavy atom. The first-order chi connectivity index (χ1) is 14.6. The number of furan rings is 1. The molecule has 0 atom stereocenters. The van der Waals surface area contributed by atoms with E-state index in [-0.39, 0.29) is 0 Å². The van der Waals surface area contributed by atoms with Crippen LogP contribution in [0.25, 0.3) is 49.2 Å². The largest absolute Gasteiger partial charge is 0.455 e. The first kappa shape index (κ1) is 18.1. The molecule has 5 rings (SSSR count). The predicted molar refractivity (Wildman–Crippen MR) is 122 cm³/mol. The van der Waals surface area contributed by atoms with E-state index in [1.54, 1.807) is 0 Å². The van der Waals surface area contributed by atoms with Crippen LogP contribution in [-0.2, 0) is 7.05 Å². The molecule has 0 aliphatic heterocycles. The van der Waals surface area contributed by atoms with Gasteiger partial charge in [-0.25, -0.2) is 9.41 Å². The third-order valence-corrected chi connectivity index (χ3v) is 5.71. The van der Waals surface area contributed by atoms with Crippen molar-refractivity contribution >= 4 is 27.6 Å². The quantitative estimate of drug-likeness (QED) is 0.237. The molecule has 0 fully saturated rings. The Hall–Kier alpha value is -3.90. The van der Waals surface area contributed by atoms with Crippen molar-refractivity contribution in [3.05, 3.63) is 95.5 Å². The third kappa shape index (κ3) is 2.77. The minimum atomic E-state index is 0.616. The molecular formula is C27H21N2O+. The van der Waals surface area contributed by atoms with E-state index in [1.165, 1.54) is 11.1 Å². The van der Waals surface area contributed by atoms with E-state index in [4.69, 9.17) is 11.0 Å². The topological polar surface area (TPSA) is 21.4 Å². The van der Waals surface area contributed by atoms with E-state index >= 15 is 0 Å². The Morgan fingerprint density at radius 1 is 0.933 bits per heavy atom. The first-order valence-electron chi connectivity index (χ1n) is 9.96. The van der Waals surface area contributed by atoms with Crippen LogP contribution in [0.4, 0.5) is 5.69 Å². The molecule has 0 saturated carbocycles. The average molecular weight is 389 g/mol. The summed E-state index contributed by atoms with van der Waals surface area (Å²) in [7, 11) is 2.06. The molecule has 0 aliphatic carbocycles. The minimum absolute atomic E-state index is 0.616. The average Bonchev–Trinajstić information content (AvgIpc) is 3.14. The van der Waals surface area contributed by atoms with Crippen LogP contribution in [0.15, 0.2) is 77.3 Å². The van der Waals surface area contributed by atoms with Crippen LogP contribution in [0.2, 0.25) is 0 Å². The number of hydrogen-bond acceptors (Lipinski definition) is 1. The zero-order chi connectivity index (χ0) is 20.8. The molecule has 0 unspecified atom stereocenters. The standard InChI is InChI=1S/C27H21N2O/c1-17-12-13-29(4)23(14-17)25-18(2)10-11-24-26(25)22-16-20(28-3)15-21(27(22)30-24)19-8-6-5-7-9-19/h5-16H,1-2,4H3/q+1. The highest BCUT2D eigenvalue weighted by atomic mass is 16.3. The molecule has 144 valence electrons. The lowest BCUT2D eigenvalue weighted by molar-refractivity contribution is -0.660. The number of rotatable bonds is 2. The van der Waals surface area contributed by atoms with Gasteiger partial charge in [-0.05, 0) is 48.7 Å². The highest BCUT2D eigenvalue weighted by Gasteiger charge is 2.22. The monoisotopic (exact) mass is 389 g/mol. The SMILES string of the molecule is [C-]#[N+]c1cc(-c2ccccc2)c2oc3ccc(C)c(-c4cc(C)cc[n+]4C)c3c2c1. The molecule has 3 heteroatoms. The van der Waals surface area contributed by atoms with E-state index in [0.29, 0.717) is 5.69 Å². The van der Waals surface area contributed by atoms with Gasteiger partial charge in [0.2, 0.25) is 5.69 Å². The Kier molecular flexibility index (Phi) is 4.15. The van der Waals surface area contributed by atoms with Crippen molar-refractivity contribution in [1.82, 2.24) is 0 Å². The third-order valence-electron chi connectivity index (χ3n) is 5.71. The normalized spacial score (nSPS) is 11.1. The number of aromatic nitrogens is 1. The summed E-state index contributed by atoms with van der Waals surface area (Å²) in [6, 6.07) is 22.5. The molecule has 0 N–H and O–H groups in total. The Morgan fingerprint density at radius 2 is 1.73 bits per heavy atom. The fourth-order valence-corrected chi connectivity index (χ4v) is 4.21. The molecule has 2 aromatic heterocycles. The molecule has 0 amide bonds. The summed E-state index contributed by atoms with van der Waals surface area (Å²) in [6.45, 7) is 11.9. The zero-order valence-electron chi connectivity index (χ0n) is 17.2. The van der Waals surface area contributed by atoms with Gasteiger partial charge in [-0.3, -0.25) is 0 Å². The van der Waals surface area contributed by atoms with E-state index in [2.05, 4.69) is 66.8 Å². The molecule has 0 radical (unpaired) electrons. The second kappa shape index (κ2) is 6.86. The van der Waals surface area contributed by atoms with Crippen LogP contribution in [-0.4, -0.2) is 0 Å². The van der Waals surface area contributed by atoms with Crippen molar-refractivity contribution in [2.45, 2.75) is 13.8 Å². The van der Waals surface area contributed by atoms with Crippen LogP contribution in [0, 0.1) is 20.4 Å². The maximum atomic E-state index is 7.65. The minimum Gasteiger partial charge on any atom is -0.455 e. The van der Waals surface area contributed by atoms with Gasteiger partial charge >= 0.3 is 0 Å². The van der Waals surface area contributed by atoms with E-state index in [9.17, 15) is 0 Å². The maximum absolute atomic E-state index is 7.65. The fraction of sp³-hybridized carbons (Fsp3) is 0.111. The number of benzene rings is 3. The van der Waals surface area contributed by atoms with Crippen LogP contribution >= 0.6 is 0 Å². The van der Waals surface area contributed by atoms with Gasteiger partial charge in [-0.15, -0.1) is 0 Å². The lowest BCUT2D eigenvalue weighted by Gasteiger charge is -2.08. The van der Waals surface area contributed by atoms with Crippen molar-refractivity contribution < 1.29 is 8.98 Å². The molecule has 3 aromatic carbocycles. The van der Waals surface area contributed by atoms with Gasteiger partial charge in [-0.1, -0.05) is 36.4 Å². The number of nitrogens with zero attached hydrogens (tertiary/aromatic N) is 2. The summed E-state index contributed by atoms with van der Waals surface area (Å²) in [5.74, 6) is 0. The molecule has 0 bridgehead atoms. The molecule has 0 aliphatic rings. The summed E-state index contributed by atoms with van der Waals surface area (Å²) in [5, 5.41) is 2.05. The van der Waals surface area contributed by atoms with E-state index < -0.39 is 0 Å². The first-order valence-corrected chi connectivity index (χ1v) is 9.96. The predicted octanol–water partition coefficient (Wildman–Crippen LogP) is 6.91. The lowest BCUT2D eigenvalue weighted by Crippen LogP contribution is -2.30. The zero-order valence-corrected chi connectivity index (χ0v) is 17.2. The van der Waals surface area contributed by atoms with Crippen LogP contribution in [0.5, 0.6) is 0 Å². The molecular weight excluding hydrogens is 368 g/mol. The fourth-order valence-electron chi connectivity index (χ4n) is 4.21. The highest BCUT2D eigenvalue weighted by Crippen LogP contribution is 2.43. The molecule has 0 spiro atoms. The number of aryl methyl sites for hydroxylation is 3. The van der Waals surface area contributed by atoms with Gasteiger partial charge in [0.1, 0.15) is 18.2 Å². The summed E-state index contributed by atoms with van der Waals surface area (Å²) >= 11 is 0. The Labute approximate surface area is 175 Å². The van der Waals surface area contributed by atoms with Gasteiger partial charge in [0.05, 0.1) is 12.1 Å². The summed E-state index contributed by atoms with van der Waals surface area (Å²) in [5.41, 5.74) is 8.95. The van der Waals surface area contributed by atoms with E-state index in [1.807, 2.05) is 36.4 Å². The molecule has 0 saturated heterocycles. The van der Waals surface area contributed by atoms with Gasteiger partial charge in [0.15, 0.2) is 11.9 Å². The Bertz CT molecular complexity index is 1470. The lowest BCUT2D eigenvalue weighted by atomic mass is 9.95. The second-order valence-electron chi connectivity index (χ2n) is 7.78. The summed E-state index contributed by atoms with van der Waals surface area (Å²) in [6.07, 6.45) is 2.09.